The summed E-state index contributed by atoms with van der Waals surface area (Å²) in [6, 6.07) is 0. The standard InChI is InChI=1S/C77H136O6/c1-4-7-10-13-16-19-22-25-27-29-31-33-35-37-38-40-41-43-45-47-49-52-55-58-61-64-67-70-76(79)82-73-74(72-81-75(78)69-66-63-60-57-54-51-24-21-18-15-12-9-6-3)83-77(80)71-68-65-62-59-56-53-50-48-46-44-42-39-36-34-32-30-28-26-23-20-17-14-11-8-5-2/h8,11-12,15,17,20-21,24,26,28,32,34,39,42,74H,4-7,9-10,13-14,16,18-19,22-23,25,27,29-31,33,35-38,40-41,43-73H2,1-3H3/b11-8-,15-12-,20-17-,24-21-,28-26-,34-32-,42-39-. The van der Waals surface area contributed by atoms with Gasteiger partial charge in [-0.25, -0.2) is 0 Å². The molecule has 0 N–H and O–H groups in total. The molecule has 0 saturated carbocycles. The van der Waals surface area contributed by atoms with Crippen molar-refractivity contribution in [3.8, 4) is 0 Å². The molecule has 0 amide bonds. The van der Waals surface area contributed by atoms with Gasteiger partial charge in [0.15, 0.2) is 6.10 Å². The van der Waals surface area contributed by atoms with Crippen LogP contribution in [0.15, 0.2) is 85.1 Å². The fraction of sp³-hybridized carbons (Fsp3) is 0.779. The van der Waals surface area contributed by atoms with Crippen molar-refractivity contribution in [3.63, 3.8) is 0 Å². The molecule has 0 rings (SSSR count). The minimum Gasteiger partial charge on any atom is -0.462 e. The van der Waals surface area contributed by atoms with E-state index in [4.69, 9.17) is 14.2 Å². The molecule has 6 heteroatoms. The van der Waals surface area contributed by atoms with E-state index in [0.29, 0.717) is 19.3 Å². The van der Waals surface area contributed by atoms with Gasteiger partial charge in [0.2, 0.25) is 0 Å². The minimum atomic E-state index is -0.787. The van der Waals surface area contributed by atoms with Crippen molar-refractivity contribution >= 4 is 17.9 Å². The van der Waals surface area contributed by atoms with E-state index < -0.39 is 6.10 Å². The van der Waals surface area contributed by atoms with Gasteiger partial charge in [-0.1, -0.05) is 343 Å². The van der Waals surface area contributed by atoms with Crippen LogP contribution >= 0.6 is 0 Å². The van der Waals surface area contributed by atoms with E-state index in [-0.39, 0.29) is 31.1 Å². The van der Waals surface area contributed by atoms with Crippen LogP contribution in [0.5, 0.6) is 0 Å². The lowest BCUT2D eigenvalue weighted by Crippen LogP contribution is -2.30. The predicted octanol–water partition coefficient (Wildman–Crippen LogP) is 25.0. The number of unbranched alkanes of at least 4 members (excludes halogenated alkanes) is 41. The van der Waals surface area contributed by atoms with Gasteiger partial charge >= 0.3 is 17.9 Å². The van der Waals surface area contributed by atoms with E-state index in [1.54, 1.807) is 0 Å². The van der Waals surface area contributed by atoms with Crippen LogP contribution in [0.25, 0.3) is 0 Å². The fourth-order valence-electron chi connectivity index (χ4n) is 10.5. The molecule has 0 heterocycles. The second kappa shape index (κ2) is 71.1. The Balaban J connectivity index is 4.25. The molecule has 0 spiro atoms. The van der Waals surface area contributed by atoms with Gasteiger partial charge in [-0.05, 0) is 89.9 Å². The molecule has 0 aliphatic heterocycles. The van der Waals surface area contributed by atoms with E-state index in [2.05, 4.69) is 106 Å². The molecule has 83 heavy (non-hydrogen) atoms. The summed E-state index contributed by atoms with van der Waals surface area (Å²) in [6.45, 7) is 6.50. The normalized spacial score (nSPS) is 12.6. The fourth-order valence-corrected chi connectivity index (χ4v) is 10.5. The summed E-state index contributed by atoms with van der Waals surface area (Å²) in [5, 5.41) is 0. The molecule has 1 atom stereocenters. The number of hydrogen-bond acceptors (Lipinski definition) is 6. The van der Waals surface area contributed by atoms with Crippen molar-refractivity contribution in [1.82, 2.24) is 0 Å². The summed E-state index contributed by atoms with van der Waals surface area (Å²) in [7, 11) is 0. The Kier molecular flexibility index (Phi) is 68.2. The molecular weight excluding hydrogens is 1020 g/mol. The number of rotatable bonds is 66. The van der Waals surface area contributed by atoms with Crippen molar-refractivity contribution in [2.45, 2.75) is 374 Å². The van der Waals surface area contributed by atoms with E-state index in [1.165, 1.54) is 205 Å². The van der Waals surface area contributed by atoms with E-state index in [9.17, 15) is 14.4 Å². The molecule has 0 aliphatic carbocycles. The zero-order valence-corrected chi connectivity index (χ0v) is 55.2. The van der Waals surface area contributed by atoms with Crippen molar-refractivity contribution in [3.05, 3.63) is 85.1 Å². The quantitative estimate of drug-likeness (QED) is 0.0261. The highest BCUT2D eigenvalue weighted by atomic mass is 16.6. The zero-order chi connectivity index (χ0) is 59.9. The highest BCUT2D eigenvalue weighted by molar-refractivity contribution is 5.71. The largest absolute Gasteiger partial charge is 0.462 e. The van der Waals surface area contributed by atoms with Gasteiger partial charge in [0, 0.05) is 19.3 Å². The predicted molar refractivity (Wildman–Crippen MR) is 362 cm³/mol. The van der Waals surface area contributed by atoms with Gasteiger partial charge < -0.3 is 14.2 Å². The van der Waals surface area contributed by atoms with Crippen LogP contribution in [0.3, 0.4) is 0 Å². The SMILES string of the molecule is CC/C=C\C/C=C\C/C=C\C/C=C\C/C=C\CCCCCCCCCCCC(=O)OC(COC(=O)CCCCCCC/C=C\C/C=C\CCC)COC(=O)CCCCCCCCCCCCCCCCCCCCCCCCCCCCC. The molecule has 6 nitrogen and oxygen atoms in total. The molecule has 0 aliphatic rings. The van der Waals surface area contributed by atoms with Crippen LogP contribution in [0.4, 0.5) is 0 Å². The summed E-state index contributed by atoms with van der Waals surface area (Å²) >= 11 is 0. The molecular formula is C77H136O6. The molecule has 480 valence electrons. The maximum absolute atomic E-state index is 13.0. The number of ether oxygens (including phenoxy) is 3. The van der Waals surface area contributed by atoms with Crippen molar-refractivity contribution in [1.29, 1.82) is 0 Å². The van der Waals surface area contributed by atoms with Crippen LogP contribution in [-0.2, 0) is 28.6 Å². The minimum absolute atomic E-state index is 0.0802. The van der Waals surface area contributed by atoms with E-state index in [1.807, 2.05) is 0 Å². The molecule has 0 aromatic carbocycles. The second-order valence-corrected chi connectivity index (χ2v) is 24.1. The molecule has 0 radical (unpaired) electrons. The first-order chi connectivity index (χ1) is 41.0. The Morgan fingerprint density at radius 1 is 0.253 bits per heavy atom. The Hall–Kier alpha value is -3.41. The Labute approximate surface area is 515 Å². The lowest BCUT2D eigenvalue weighted by Gasteiger charge is -2.18. The third kappa shape index (κ3) is 69.3. The van der Waals surface area contributed by atoms with Gasteiger partial charge in [0.25, 0.3) is 0 Å². The van der Waals surface area contributed by atoms with Gasteiger partial charge in [0.1, 0.15) is 13.2 Å². The number of hydrogen-bond donors (Lipinski definition) is 0. The monoisotopic (exact) mass is 1160 g/mol. The van der Waals surface area contributed by atoms with Crippen molar-refractivity contribution in [2.75, 3.05) is 13.2 Å². The summed E-state index contributed by atoms with van der Waals surface area (Å²) < 4.78 is 17.0. The highest BCUT2D eigenvalue weighted by Gasteiger charge is 2.19. The molecule has 0 saturated heterocycles. The first kappa shape index (κ1) is 79.6. The second-order valence-electron chi connectivity index (χ2n) is 24.1. The summed E-state index contributed by atoms with van der Waals surface area (Å²) in [5.74, 6) is -0.882. The molecule has 0 fully saturated rings. The lowest BCUT2D eigenvalue weighted by molar-refractivity contribution is -0.167. The average Bonchev–Trinajstić information content (AvgIpc) is 3.49. The lowest BCUT2D eigenvalue weighted by atomic mass is 10.0. The molecule has 0 aromatic rings. The average molecular weight is 1160 g/mol. The number of carbonyl (C=O) groups is 3. The Morgan fingerprint density at radius 2 is 0.494 bits per heavy atom. The third-order valence-electron chi connectivity index (χ3n) is 15.9. The maximum atomic E-state index is 13.0. The van der Waals surface area contributed by atoms with Crippen LogP contribution in [0, 0.1) is 0 Å². The van der Waals surface area contributed by atoms with E-state index in [0.717, 1.165) is 122 Å². The first-order valence-electron chi connectivity index (χ1n) is 36.1. The van der Waals surface area contributed by atoms with Crippen LogP contribution in [0.1, 0.15) is 367 Å². The number of esters is 3. The molecule has 0 aromatic heterocycles. The first-order valence-corrected chi connectivity index (χ1v) is 36.1. The molecule has 0 bridgehead atoms. The van der Waals surface area contributed by atoms with Gasteiger partial charge in [-0.3, -0.25) is 14.4 Å². The Morgan fingerprint density at radius 3 is 0.783 bits per heavy atom. The van der Waals surface area contributed by atoms with E-state index >= 15 is 0 Å². The zero-order valence-electron chi connectivity index (χ0n) is 55.2. The number of carbonyl (C=O) groups excluding carboxylic acids is 3. The maximum Gasteiger partial charge on any atom is 0.306 e. The molecule has 1 unspecified atom stereocenters. The highest BCUT2D eigenvalue weighted by Crippen LogP contribution is 2.18. The van der Waals surface area contributed by atoms with Gasteiger partial charge in [-0.15, -0.1) is 0 Å². The third-order valence-corrected chi connectivity index (χ3v) is 15.9. The smallest absolute Gasteiger partial charge is 0.306 e. The van der Waals surface area contributed by atoms with Crippen LogP contribution < -0.4 is 0 Å². The van der Waals surface area contributed by atoms with Gasteiger partial charge in [0.05, 0.1) is 0 Å². The van der Waals surface area contributed by atoms with Crippen molar-refractivity contribution < 1.29 is 28.6 Å². The number of allylic oxidation sites excluding steroid dienone is 14. The van der Waals surface area contributed by atoms with Crippen LogP contribution in [0.2, 0.25) is 0 Å². The van der Waals surface area contributed by atoms with Crippen molar-refractivity contribution in [2.24, 2.45) is 0 Å². The summed E-state index contributed by atoms with van der Waals surface area (Å²) in [5.41, 5.74) is 0. The van der Waals surface area contributed by atoms with Gasteiger partial charge in [-0.2, -0.15) is 0 Å². The topological polar surface area (TPSA) is 78.9 Å². The Bertz CT molecular complexity index is 1570. The summed E-state index contributed by atoms with van der Waals surface area (Å²) in [4.78, 5) is 38.4. The van der Waals surface area contributed by atoms with Crippen LogP contribution in [-0.4, -0.2) is 37.2 Å². The summed E-state index contributed by atoms with van der Waals surface area (Å²) in [6.07, 6.45) is 94.8.